The Balaban J connectivity index is 1.79. The van der Waals surface area contributed by atoms with Gasteiger partial charge in [0.05, 0.1) is 0 Å². The zero-order valence-corrected chi connectivity index (χ0v) is 11.6. The Labute approximate surface area is 121 Å². The number of hydrogen-bond donors (Lipinski definition) is 2. The Morgan fingerprint density at radius 3 is 2.95 bits per heavy atom. The summed E-state index contributed by atoms with van der Waals surface area (Å²) in [5.41, 5.74) is 0.201. The van der Waals surface area contributed by atoms with Crippen LogP contribution in [0.4, 0.5) is 0 Å². The van der Waals surface area contributed by atoms with E-state index in [4.69, 9.17) is 5.11 Å². The van der Waals surface area contributed by atoms with Crippen molar-refractivity contribution in [2.75, 3.05) is 13.2 Å². The molecule has 0 unspecified atom stereocenters. The van der Waals surface area contributed by atoms with Gasteiger partial charge in [0.2, 0.25) is 0 Å². The highest BCUT2D eigenvalue weighted by Gasteiger charge is 2.42. The Morgan fingerprint density at radius 2 is 2.24 bits per heavy atom. The molecule has 21 heavy (non-hydrogen) atoms. The Hall–Kier alpha value is -2.21. The van der Waals surface area contributed by atoms with E-state index in [1.54, 1.807) is 24.4 Å². The first-order chi connectivity index (χ1) is 10.2. The number of aliphatic hydroxyl groups is 1. The van der Waals surface area contributed by atoms with E-state index in [0.29, 0.717) is 18.6 Å². The van der Waals surface area contributed by atoms with Crippen LogP contribution in [0.1, 0.15) is 29.6 Å². The maximum atomic E-state index is 12.3. The van der Waals surface area contributed by atoms with E-state index in [1.807, 2.05) is 0 Å². The van der Waals surface area contributed by atoms with Crippen molar-refractivity contribution in [3.8, 4) is 0 Å². The minimum absolute atomic E-state index is 0.0187. The summed E-state index contributed by atoms with van der Waals surface area (Å²) in [6.07, 6.45) is 5.60. The molecule has 2 N–H and O–H groups in total. The number of carbonyl (C=O) groups is 1. The zero-order chi connectivity index (χ0) is 14.9. The molecule has 1 amide bonds. The Bertz CT molecular complexity index is 734. The van der Waals surface area contributed by atoms with Gasteiger partial charge in [-0.3, -0.25) is 14.0 Å². The molecule has 0 saturated heterocycles. The van der Waals surface area contributed by atoms with Crippen molar-refractivity contribution in [1.29, 1.82) is 0 Å². The summed E-state index contributed by atoms with van der Waals surface area (Å²) in [4.78, 5) is 28.5. The van der Waals surface area contributed by atoms with Gasteiger partial charge >= 0.3 is 0 Å². The third-order valence-corrected chi connectivity index (χ3v) is 4.08. The number of fused-ring (bicyclic) bond motifs is 1. The van der Waals surface area contributed by atoms with Crippen molar-refractivity contribution < 1.29 is 9.90 Å². The maximum absolute atomic E-state index is 12.3. The van der Waals surface area contributed by atoms with Crippen LogP contribution in [0.5, 0.6) is 0 Å². The van der Waals surface area contributed by atoms with Gasteiger partial charge in [-0.25, -0.2) is 4.98 Å². The van der Waals surface area contributed by atoms with Crippen molar-refractivity contribution in [2.24, 2.45) is 5.41 Å². The van der Waals surface area contributed by atoms with Crippen LogP contribution in [0.2, 0.25) is 0 Å². The first-order valence-corrected chi connectivity index (χ1v) is 7.01. The van der Waals surface area contributed by atoms with Gasteiger partial charge in [0.1, 0.15) is 11.2 Å². The predicted molar refractivity (Wildman–Crippen MR) is 77.2 cm³/mol. The second-order valence-electron chi connectivity index (χ2n) is 5.56. The fourth-order valence-corrected chi connectivity index (χ4v) is 2.47. The molecule has 0 bridgehead atoms. The summed E-state index contributed by atoms with van der Waals surface area (Å²) < 4.78 is 1.36. The quantitative estimate of drug-likeness (QED) is 0.843. The number of rotatable bonds is 5. The minimum atomic E-state index is -0.407. The van der Waals surface area contributed by atoms with Crippen molar-refractivity contribution >= 4 is 11.6 Å². The molecule has 6 heteroatoms. The van der Waals surface area contributed by atoms with Crippen molar-refractivity contribution in [3.05, 3.63) is 46.5 Å². The van der Waals surface area contributed by atoms with Gasteiger partial charge in [0.15, 0.2) is 0 Å². The van der Waals surface area contributed by atoms with Gasteiger partial charge < -0.3 is 10.4 Å². The van der Waals surface area contributed by atoms with Gasteiger partial charge in [-0.15, -0.1) is 0 Å². The molecular weight excluding hydrogens is 270 g/mol. The number of aliphatic hydroxyl groups excluding tert-OH is 1. The smallest absolute Gasteiger partial charge is 0.270 e. The number of carbonyl (C=O) groups excluding carboxylic acids is 1. The van der Waals surface area contributed by atoms with Crippen LogP contribution < -0.4 is 10.9 Å². The minimum Gasteiger partial charge on any atom is -0.396 e. The molecule has 1 fully saturated rings. The third kappa shape index (κ3) is 2.67. The summed E-state index contributed by atoms with van der Waals surface area (Å²) in [6, 6.07) is 5.22. The molecule has 0 radical (unpaired) electrons. The van der Waals surface area contributed by atoms with Crippen LogP contribution in [-0.4, -0.2) is 33.6 Å². The zero-order valence-electron chi connectivity index (χ0n) is 11.6. The van der Waals surface area contributed by atoms with Crippen LogP contribution in [0.15, 0.2) is 35.4 Å². The van der Waals surface area contributed by atoms with E-state index in [9.17, 15) is 9.59 Å². The van der Waals surface area contributed by atoms with Crippen LogP contribution in [0.25, 0.3) is 5.65 Å². The van der Waals surface area contributed by atoms with E-state index in [1.165, 1.54) is 10.6 Å². The summed E-state index contributed by atoms with van der Waals surface area (Å²) >= 11 is 0. The monoisotopic (exact) mass is 287 g/mol. The second kappa shape index (κ2) is 5.29. The Kier molecular flexibility index (Phi) is 3.47. The number of amides is 1. The van der Waals surface area contributed by atoms with Gasteiger partial charge in [0, 0.05) is 25.5 Å². The normalized spacial score (nSPS) is 15.9. The predicted octanol–water partition coefficient (Wildman–Crippen LogP) is 0.587. The lowest BCUT2D eigenvalue weighted by Gasteiger charge is -2.14. The lowest BCUT2D eigenvalue weighted by Crippen LogP contribution is -2.35. The average Bonchev–Trinajstić information content (AvgIpc) is 3.26. The standard InChI is InChI=1S/C15H17N3O3/c19-8-6-15(4-5-15)10-17-13(20)11-9-16-12-3-1-2-7-18(12)14(11)21/h1-3,7,9,19H,4-6,8,10H2,(H,17,20). The van der Waals surface area contributed by atoms with Crippen LogP contribution in [0, 0.1) is 5.41 Å². The van der Waals surface area contributed by atoms with Crippen molar-refractivity contribution in [3.63, 3.8) is 0 Å². The third-order valence-electron chi connectivity index (χ3n) is 4.08. The second-order valence-corrected chi connectivity index (χ2v) is 5.56. The van der Waals surface area contributed by atoms with Gasteiger partial charge in [0.25, 0.3) is 11.5 Å². The first kappa shape index (κ1) is 13.8. The molecule has 0 spiro atoms. The molecule has 1 saturated carbocycles. The molecule has 1 aliphatic carbocycles. The van der Waals surface area contributed by atoms with Crippen LogP contribution in [0.3, 0.4) is 0 Å². The molecular formula is C15H17N3O3. The van der Waals surface area contributed by atoms with E-state index < -0.39 is 5.91 Å². The lowest BCUT2D eigenvalue weighted by molar-refractivity contribution is 0.0938. The molecule has 0 aromatic carbocycles. The molecule has 6 nitrogen and oxygen atoms in total. The van der Waals surface area contributed by atoms with Crippen molar-refractivity contribution in [1.82, 2.24) is 14.7 Å². The van der Waals surface area contributed by atoms with Crippen LogP contribution >= 0.6 is 0 Å². The molecule has 3 rings (SSSR count). The average molecular weight is 287 g/mol. The summed E-state index contributed by atoms with van der Waals surface area (Å²) in [5.74, 6) is -0.407. The number of hydrogen-bond acceptors (Lipinski definition) is 4. The summed E-state index contributed by atoms with van der Waals surface area (Å²) in [6.45, 7) is 0.611. The van der Waals surface area contributed by atoms with Crippen LogP contribution in [-0.2, 0) is 0 Å². The fourth-order valence-electron chi connectivity index (χ4n) is 2.47. The largest absolute Gasteiger partial charge is 0.396 e. The summed E-state index contributed by atoms with van der Waals surface area (Å²) in [7, 11) is 0. The highest BCUT2D eigenvalue weighted by Crippen LogP contribution is 2.47. The molecule has 2 aromatic rings. The highest BCUT2D eigenvalue weighted by molar-refractivity contribution is 5.93. The van der Waals surface area contributed by atoms with E-state index in [0.717, 1.165) is 12.8 Å². The maximum Gasteiger partial charge on any atom is 0.270 e. The lowest BCUT2D eigenvalue weighted by atomic mass is 10.0. The molecule has 1 aliphatic rings. The topological polar surface area (TPSA) is 83.7 Å². The summed E-state index contributed by atoms with van der Waals surface area (Å²) in [5, 5.41) is 11.8. The molecule has 2 aromatic heterocycles. The number of nitrogens with zero attached hydrogens (tertiary/aromatic N) is 2. The SMILES string of the molecule is O=C(NCC1(CCO)CC1)c1cnc2ccccn2c1=O. The first-order valence-electron chi connectivity index (χ1n) is 7.01. The van der Waals surface area contributed by atoms with Gasteiger partial charge in [-0.2, -0.15) is 0 Å². The van der Waals surface area contributed by atoms with Gasteiger partial charge in [-0.05, 0) is 36.8 Å². The van der Waals surface area contributed by atoms with E-state index >= 15 is 0 Å². The molecule has 0 atom stereocenters. The highest BCUT2D eigenvalue weighted by atomic mass is 16.3. The Morgan fingerprint density at radius 1 is 1.43 bits per heavy atom. The van der Waals surface area contributed by atoms with Crippen molar-refractivity contribution in [2.45, 2.75) is 19.3 Å². The number of pyridine rings is 1. The molecule has 2 heterocycles. The van der Waals surface area contributed by atoms with Gasteiger partial charge in [-0.1, -0.05) is 6.07 Å². The fraction of sp³-hybridized carbons (Fsp3) is 0.400. The molecule has 110 valence electrons. The molecule has 0 aliphatic heterocycles. The number of nitrogens with one attached hydrogen (secondary N) is 1. The van der Waals surface area contributed by atoms with E-state index in [2.05, 4.69) is 10.3 Å². The number of aromatic nitrogens is 2. The van der Waals surface area contributed by atoms with E-state index in [-0.39, 0.29) is 23.1 Å².